The van der Waals surface area contributed by atoms with E-state index in [1.54, 1.807) is 18.2 Å². The molecule has 0 aliphatic carbocycles. The minimum atomic E-state index is -5.67. The van der Waals surface area contributed by atoms with E-state index in [0.29, 0.717) is 18.2 Å². The largest absolute Gasteiger partial charge is 0.501 e. The van der Waals surface area contributed by atoms with E-state index < -0.39 is 26.1 Å². The number of sulfone groups is 1. The average Bonchev–Trinajstić information content (AvgIpc) is 2.53. The van der Waals surface area contributed by atoms with Crippen molar-refractivity contribution in [3.8, 4) is 0 Å². The van der Waals surface area contributed by atoms with E-state index in [4.69, 9.17) is 4.74 Å². The van der Waals surface area contributed by atoms with Gasteiger partial charge in [-0.3, -0.25) is 0 Å². The van der Waals surface area contributed by atoms with Crippen LogP contribution in [-0.2, 0) is 27.7 Å². The van der Waals surface area contributed by atoms with Gasteiger partial charge in [-0.2, -0.15) is 13.2 Å². The molecule has 0 spiro atoms. The van der Waals surface area contributed by atoms with Crippen molar-refractivity contribution in [2.75, 3.05) is 12.4 Å². The molecule has 2 rings (SSSR count). The molecule has 0 radical (unpaired) electrons. The molecule has 0 atom stereocenters. The average molecular weight is 377 g/mol. The minimum absolute atomic E-state index is 0.0591. The standard InChI is InChI=1S/C16H15F4NO3S/c1-24-10-12-4-2-3-11(7-12)9-21-14-6-5-13(17)8-15(14)25(22,23)16(18,19)20/h2-8,21H,9-10H2,1H3. The molecule has 25 heavy (non-hydrogen) atoms. The summed E-state index contributed by atoms with van der Waals surface area (Å²) in [5.41, 5.74) is -4.29. The number of nitrogens with one attached hydrogen (secondary N) is 1. The molecule has 0 aromatic heterocycles. The molecule has 1 N–H and O–H groups in total. The predicted molar refractivity (Wildman–Crippen MR) is 84.1 cm³/mol. The van der Waals surface area contributed by atoms with E-state index in [0.717, 1.165) is 17.7 Å². The zero-order chi connectivity index (χ0) is 18.7. The maximum atomic E-state index is 13.3. The van der Waals surface area contributed by atoms with Gasteiger partial charge in [-0.15, -0.1) is 0 Å². The topological polar surface area (TPSA) is 55.4 Å². The molecule has 9 heteroatoms. The molecule has 0 aliphatic heterocycles. The van der Waals surface area contributed by atoms with Crippen molar-refractivity contribution in [1.82, 2.24) is 0 Å². The maximum absolute atomic E-state index is 13.3. The lowest BCUT2D eigenvalue weighted by atomic mass is 10.1. The molecule has 0 unspecified atom stereocenters. The first-order valence-corrected chi connectivity index (χ1v) is 8.55. The number of methoxy groups -OCH3 is 1. The molecule has 2 aromatic rings. The maximum Gasteiger partial charge on any atom is 0.501 e. The molecule has 0 heterocycles. The quantitative estimate of drug-likeness (QED) is 0.777. The molecule has 0 amide bonds. The zero-order valence-electron chi connectivity index (χ0n) is 13.1. The van der Waals surface area contributed by atoms with Gasteiger partial charge in [-0.25, -0.2) is 12.8 Å². The number of hydrogen-bond donors (Lipinski definition) is 1. The Hall–Kier alpha value is -2.13. The number of anilines is 1. The van der Waals surface area contributed by atoms with Crippen molar-refractivity contribution in [3.05, 3.63) is 59.4 Å². The van der Waals surface area contributed by atoms with Crippen molar-refractivity contribution in [2.45, 2.75) is 23.6 Å². The smallest absolute Gasteiger partial charge is 0.380 e. The highest BCUT2D eigenvalue weighted by Crippen LogP contribution is 2.35. The second-order valence-corrected chi connectivity index (χ2v) is 7.11. The molecule has 0 bridgehead atoms. The van der Waals surface area contributed by atoms with Crippen molar-refractivity contribution in [3.63, 3.8) is 0 Å². The predicted octanol–water partition coefficient (Wildman–Crippen LogP) is 3.88. The lowest BCUT2D eigenvalue weighted by Gasteiger charge is -2.15. The summed E-state index contributed by atoms with van der Waals surface area (Å²) in [5, 5.41) is 2.62. The second kappa shape index (κ2) is 7.40. The Labute approximate surface area is 142 Å². The molecule has 4 nitrogen and oxygen atoms in total. The fourth-order valence-electron chi connectivity index (χ4n) is 2.18. The highest BCUT2D eigenvalue weighted by atomic mass is 32.2. The van der Waals surface area contributed by atoms with E-state index in [9.17, 15) is 26.0 Å². The van der Waals surface area contributed by atoms with Gasteiger partial charge >= 0.3 is 5.51 Å². The van der Waals surface area contributed by atoms with Gasteiger partial charge in [-0.1, -0.05) is 24.3 Å². The van der Waals surface area contributed by atoms with Gasteiger partial charge in [0.1, 0.15) is 10.7 Å². The minimum Gasteiger partial charge on any atom is -0.380 e. The Morgan fingerprint density at radius 3 is 2.40 bits per heavy atom. The van der Waals surface area contributed by atoms with Gasteiger partial charge in [0.15, 0.2) is 0 Å². The van der Waals surface area contributed by atoms with Crippen LogP contribution in [0.1, 0.15) is 11.1 Å². The highest BCUT2D eigenvalue weighted by Gasteiger charge is 2.48. The number of ether oxygens (including phenoxy) is 1. The molecule has 136 valence electrons. The molecule has 0 aliphatic rings. The molecule has 0 fully saturated rings. The SMILES string of the molecule is COCc1cccc(CNc2ccc(F)cc2S(=O)(=O)C(F)(F)F)c1. The third-order valence-electron chi connectivity index (χ3n) is 3.32. The van der Waals surface area contributed by atoms with E-state index in [1.165, 1.54) is 7.11 Å². The summed E-state index contributed by atoms with van der Waals surface area (Å²) in [7, 11) is -4.15. The lowest BCUT2D eigenvalue weighted by Crippen LogP contribution is -2.24. The van der Waals surface area contributed by atoms with E-state index in [1.807, 2.05) is 6.07 Å². The summed E-state index contributed by atoms with van der Waals surface area (Å²) in [4.78, 5) is -1.15. The third kappa shape index (κ3) is 4.49. The van der Waals surface area contributed by atoms with Gasteiger partial charge in [0.2, 0.25) is 0 Å². The summed E-state index contributed by atoms with van der Waals surface area (Å²) in [6.45, 7) is 0.418. The highest BCUT2D eigenvalue weighted by molar-refractivity contribution is 7.92. The Balaban J connectivity index is 2.31. The second-order valence-electron chi connectivity index (χ2n) is 5.20. The van der Waals surface area contributed by atoms with Crippen molar-refractivity contribution < 1.29 is 30.7 Å². The Morgan fingerprint density at radius 1 is 1.08 bits per heavy atom. The Kier molecular flexibility index (Phi) is 5.69. The van der Waals surface area contributed by atoms with Crippen molar-refractivity contribution >= 4 is 15.5 Å². The fraction of sp³-hybridized carbons (Fsp3) is 0.250. The normalized spacial score (nSPS) is 12.2. The summed E-state index contributed by atoms with van der Waals surface area (Å²) in [6, 6.07) is 9.23. The monoisotopic (exact) mass is 377 g/mol. The van der Waals surface area contributed by atoms with Crippen molar-refractivity contribution in [2.24, 2.45) is 0 Å². The van der Waals surface area contributed by atoms with Crippen LogP contribution in [0.4, 0.5) is 23.2 Å². The number of benzene rings is 2. The van der Waals surface area contributed by atoms with Crippen LogP contribution in [0.2, 0.25) is 0 Å². The third-order valence-corrected chi connectivity index (χ3v) is 4.85. The Morgan fingerprint density at radius 2 is 1.76 bits per heavy atom. The van der Waals surface area contributed by atoms with Gasteiger partial charge < -0.3 is 10.1 Å². The van der Waals surface area contributed by atoms with Crippen LogP contribution in [0.15, 0.2) is 47.4 Å². The molecule has 0 saturated carbocycles. The number of hydrogen-bond acceptors (Lipinski definition) is 4. The van der Waals surface area contributed by atoms with Crippen LogP contribution in [0.5, 0.6) is 0 Å². The van der Waals surface area contributed by atoms with Crippen LogP contribution in [0, 0.1) is 5.82 Å². The summed E-state index contributed by atoms with van der Waals surface area (Å²) >= 11 is 0. The number of alkyl halides is 3. The lowest BCUT2D eigenvalue weighted by molar-refractivity contribution is -0.0435. The first kappa shape index (κ1) is 19.2. The Bertz CT molecular complexity index is 851. The van der Waals surface area contributed by atoms with Crippen molar-refractivity contribution in [1.29, 1.82) is 0 Å². The van der Waals surface area contributed by atoms with Gasteiger partial charge in [0, 0.05) is 13.7 Å². The molecular formula is C16H15F4NO3S. The van der Waals surface area contributed by atoms with Gasteiger partial charge in [0.25, 0.3) is 9.84 Å². The molecule has 2 aromatic carbocycles. The van der Waals surface area contributed by atoms with Gasteiger partial charge in [-0.05, 0) is 29.3 Å². The first-order valence-electron chi connectivity index (χ1n) is 7.06. The zero-order valence-corrected chi connectivity index (χ0v) is 13.9. The van der Waals surface area contributed by atoms with Crippen LogP contribution in [0.3, 0.4) is 0 Å². The molecule has 0 saturated heterocycles. The summed E-state index contributed by atoms with van der Waals surface area (Å²) in [6.07, 6.45) is 0. The molecular weight excluding hydrogens is 362 g/mol. The van der Waals surface area contributed by atoms with Crippen LogP contribution >= 0.6 is 0 Å². The number of rotatable bonds is 6. The fourth-order valence-corrected chi connectivity index (χ4v) is 3.13. The van der Waals surface area contributed by atoms with Crippen LogP contribution in [0.25, 0.3) is 0 Å². The van der Waals surface area contributed by atoms with E-state index in [-0.39, 0.29) is 12.2 Å². The van der Waals surface area contributed by atoms with Crippen LogP contribution < -0.4 is 5.32 Å². The van der Waals surface area contributed by atoms with E-state index >= 15 is 0 Å². The van der Waals surface area contributed by atoms with Gasteiger partial charge in [0.05, 0.1) is 12.3 Å². The first-order chi connectivity index (χ1) is 11.6. The van der Waals surface area contributed by atoms with E-state index in [2.05, 4.69) is 5.32 Å². The summed E-state index contributed by atoms with van der Waals surface area (Å²) in [5.74, 6) is -1.07. The van der Waals surface area contributed by atoms with Crippen LogP contribution in [-0.4, -0.2) is 21.0 Å². The summed E-state index contributed by atoms with van der Waals surface area (Å²) < 4.78 is 79.9. The number of halogens is 4.